The summed E-state index contributed by atoms with van der Waals surface area (Å²) in [5, 5.41) is 3.82. The Balaban J connectivity index is 1.01. The molecular formula is C61H58N2. The highest BCUT2D eigenvalue weighted by atomic mass is 15.2. The molecule has 312 valence electrons. The zero-order valence-electron chi connectivity index (χ0n) is 38.3. The van der Waals surface area contributed by atoms with E-state index in [0.717, 1.165) is 11.4 Å². The van der Waals surface area contributed by atoms with E-state index in [1.54, 1.807) is 0 Å². The lowest BCUT2D eigenvalue weighted by molar-refractivity contribution is 0.590. The predicted octanol–water partition coefficient (Wildman–Crippen LogP) is 16.8. The predicted molar refractivity (Wildman–Crippen MR) is 269 cm³/mol. The van der Waals surface area contributed by atoms with E-state index in [0.29, 0.717) is 0 Å². The van der Waals surface area contributed by atoms with E-state index in [1.807, 2.05) is 0 Å². The molecule has 0 saturated heterocycles. The van der Waals surface area contributed by atoms with Crippen molar-refractivity contribution < 1.29 is 0 Å². The smallest absolute Gasteiger partial charge is 0.0503 e. The van der Waals surface area contributed by atoms with Gasteiger partial charge in [-0.25, -0.2) is 0 Å². The molecule has 8 aromatic carbocycles. The molecule has 1 aliphatic heterocycles. The highest BCUT2D eigenvalue weighted by molar-refractivity contribution is 5.89. The molecule has 0 radical (unpaired) electrons. The van der Waals surface area contributed by atoms with Gasteiger partial charge in [0.15, 0.2) is 0 Å². The minimum Gasteiger partial charge on any atom is -0.355 e. The number of fused-ring (bicyclic) bond motifs is 5. The Kier molecular flexibility index (Phi) is 9.46. The Labute approximate surface area is 375 Å². The largest absolute Gasteiger partial charge is 0.355 e. The maximum Gasteiger partial charge on any atom is 0.0503 e. The summed E-state index contributed by atoms with van der Waals surface area (Å²) < 4.78 is 0. The lowest BCUT2D eigenvalue weighted by Crippen LogP contribution is -2.30. The fourth-order valence-electron chi connectivity index (χ4n) is 10.4. The van der Waals surface area contributed by atoms with Crippen LogP contribution in [0.4, 0.5) is 28.4 Å². The maximum atomic E-state index is 3.82. The molecular weight excluding hydrogens is 761 g/mol. The Morgan fingerprint density at radius 2 is 0.905 bits per heavy atom. The van der Waals surface area contributed by atoms with Gasteiger partial charge in [-0.2, -0.15) is 0 Å². The van der Waals surface area contributed by atoms with Gasteiger partial charge in [0.1, 0.15) is 0 Å². The van der Waals surface area contributed by atoms with Crippen LogP contribution in [-0.2, 0) is 21.7 Å². The second-order valence-corrected chi connectivity index (χ2v) is 20.4. The first kappa shape index (κ1) is 40.4. The van der Waals surface area contributed by atoms with Crippen LogP contribution in [0, 0.1) is 0 Å². The lowest BCUT2D eigenvalue weighted by Gasteiger charge is -2.42. The van der Waals surface area contributed by atoms with Crippen LogP contribution in [0.25, 0.3) is 33.4 Å². The first-order chi connectivity index (χ1) is 30.1. The van der Waals surface area contributed by atoms with Crippen molar-refractivity contribution in [1.82, 2.24) is 0 Å². The van der Waals surface area contributed by atoms with Crippen LogP contribution >= 0.6 is 0 Å². The third kappa shape index (κ3) is 6.79. The number of para-hydroxylation sites is 2. The molecule has 0 atom stereocenters. The molecule has 0 saturated carbocycles. The van der Waals surface area contributed by atoms with Crippen molar-refractivity contribution >= 4 is 28.4 Å². The summed E-state index contributed by atoms with van der Waals surface area (Å²) in [4.78, 5) is 2.43. The summed E-state index contributed by atoms with van der Waals surface area (Å²) in [6.07, 6.45) is 0. The molecule has 0 amide bonds. The normalized spacial score (nSPS) is 14.7. The van der Waals surface area contributed by atoms with Crippen LogP contribution in [-0.4, -0.2) is 0 Å². The van der Waals surface area contributed by atoms with E-state index in [9.17, 15) is 0 Å². The maximum absolute atomic E-state index is 3.82. The van der Waals surface area contributed by atoms with E-state index < -0.39 is 0 Å². The third-order valence-electron chi connectivity index (χ3n) is 14.3. The van der Waals surface area contributed by atoms with Crippen molar-refractivity contribution in [2.75, 3.05) is 10.2 Å². The zero-order valence-corrected chi connectivity index (χ0v) is 38.3. The van der Waals surface area contributed by atoms with Crippen LogP contribution in [0.15, 0.2) is 182 Å². The number of benzene rings is 8. The van der Waals surface area contributed by atoms with Crippen molar-refractivity contribution in [3.05, 3.63) is 221 Å². The molecule has 0 bridgehead atoms. The molecule has 0 fully saturated rings. The average molecular weight is 819 g/mol. The Hall–Kier alpha value is -6.64. The van der Waals surface area contributed by atoms with Gasteiger partial charge in [0, 0.05) is 33.3 Å². The summed E-state index contributed by atoms with van der Waals surface area (Å²) in [6.45, 7) is 21.0. The molecule has 1 N–H and O–H groups in total. The van der Waals surface area contributed by atoms with E-state index in [1.165, 1.54) is 89.4 Å². The quantitative estimate of drug-likeness (QED) is 0.172. The lowest BCUT2D eigenvalue weighted by atomic mass is 9.72. The SMILES string of the molecule is CC(C)(C)c1ccc(Nc2ccc(-c3ccc4c(c3)C(C)(C)c3cc(-c5ccc6c(c5)C(C)(C)c5ccccc5N6c5ccccc5)ccc3-4)cc2C(C)(C)c2ccccc2)cc1. The Morgan fingerprint density at radius 3 is 1.52 bits per heavy atom. The Bertz CT molecular complexity index is 3020. The fraction of sp³-hybridized carbons (Fsp3) is 0.213. The van der Waals surface area contributed by atoms with Crippen LogP contribution in [0.1, 0.15) is 101 Å². The molecule has 63 heavy (non-hydrogen) atoms. The van der Waals surface area contributed by atoms with Crippen LogP contribution < -0.4 is 10.2 Å². The molecule has 0 spiro atoms. The number of anilines is 5. The number of hydrogen-bond acceptors (Lipinski definition) is 2. The van der Waals surface area contributed by atoms with Crippen molar-refractivity contribution in [1.29, 1.82) is 0 Å². The van der Waals surface area contributed by atoms with Crippen molar-refractivity contribution in [3.8, 4) is 33.4 Å². The van der Waals surface area contributed by atoms with Crippen LogP contribution in [0.5, 0.6) is 0 Å². The minimum absolute atomic E-state index is 0.105. The number of nitrogens with zero attached hydrogens (tertiary/aromatic N) is 1. The second-order valence-electron chi connectivity index (χ2n) is 20.4. The molecule has 8 aromatic rings. The highest BCUT2D eigenvalue weighted by Crippen LogP contribution is 2.54. The molecule has 2 nitrogen and oxygen atoms in total. The van der Waals surface area contributed by atoms with Gasteiger partial charge < -0.3 is 10.2 Å². The summed E-state index contributed by atoms with van der Waals surface area (Å²) in [5.41, 5.74) is 22.3. The van der Waals surface area contributed by atoms with Crippen molar-refractivity contribution in [3.63, 3.8) is 0 Å². The van der Waals surface area contributed by atoms with E-state index in [2.05, 4.69) is 255 Å². The number of hydrogen-bond donors (Lipinski definition) is 1. The summed E-state index contributed by atoms with van der Waals surface area (Å²) in [7, 11) is 0. The van der Waals surface area contributed by atoms with Gasteiger partial charge in [-0.15, -0.1) is 0 Å². The topological polar surface area (TPSA) is 15.3 Å². The number of nitrogens with one attached hydrogen (secondary N) is 1. The highest BCUT2D eigenvalue weighted by Gasteiger charge is 2.39. The fourth-order valence-corrected chi connectivity index (χ4v) is 10.4. The molecule has 0 unspecified atom stereocenters. The molecule has 1 aliphatic carbocycles. The average Bonchev–Trinajstić information content (AvgIpc) is 3.51. The van der Waals surface area contributed by atoms with Gasteiger partial charge in [-0.1, -0.05) is 178 Å². The van der Waals surface area contributed by atoms with Gasteiger partial charge in [0.2, 0.25) is 0 Å². The summed E-state index contributed by atoms with van der Waals surface area (Å²) in [5.74, 6) is 0. The van der Waals surface area contributed by atoms with E-state index >= 15 is 0 Å². The molecule has 2 heteroatoms. The number of rotatable bonds is 7. The molecule has 0 aromatic heterocycles. The van der Waals surface area contributed by atoms with Crippen molar-refractivity contribution in [2.24, 2.45) is 0 Å². The molecule has 1 heterocycles. The van der Waals surface area contributed by atoms with Gasteiger partial charge in [-0.3, -0.25) is 0 Å². The first-order valence-corrected chi connectivity index (χ1v) is 22.6. The minimum atomic E-state index is -0.247. The van der Waals surface area contributed by atoms with Gasteiger partial charge >= 0.3 is 0 Å². The monoisotopic (exact) mass is 818 g/mol. The second kappa shape index (κ2) is 14.7. The molecule has 2 aliphatic rings. The summed E-state index contributed by atoms with van der Waals surface area (Å²) in [6, 6.07) is 67.9. The van der Waals surface area contributed by atoms with E-state index in [4.69, 9.17) is 0 Å². The summed E-state index contributed by atoms with van der Waals surface area (Å²) >= 11 is 0. The van der Waals surface area contributed by atoms with Gasteiger partial charge in [0.25, 0.3) is 0 Å². The van der Waals surface area contributed by atoms with E-state index in [-0.39, 0.29) is 21.7 Å². The standard InChI is InChI=1S/C61H58N2/c1-58(2,3)44-28-30-46(31-29-44)62-55-34-26-42(38-53(55)59(4,5)45-18-12-10-13-19-45)40-24-32-48-49-33-25-41(37-52(49)61(8,9)51(48)36-40)43-27-35-57-54(39-43)60(6,7)50-22-16-17-23-56(50)63(57)47-20-14-11-15-21-47/h10-39,62H,1-9H3. The zero-order chi connectivity index (χ0) is 43.9. The van der Waals surface area contributed by atoms with Crippen LogP contribution in [0.3, 0.4) is 0 Å². The third-order valence-corrected chi connectivity index (χ3v) is 14.3. The first-order valence-electron chi connectivity index (χ1n) is 22.6. The van der Waals surface area contributed by atoms with Gasteiger partial charge in [0.05, 0.1) is 11.4 Å². The Morgan fingerprint density at radius 1 is 0.413 bits per heavy atom. The molecule has 10 rings (SSSR count). The van der Waals surface area contributed by atoms with Crippen LogP contribution in [0.2, 0.25) is 0 Å². The van der Waals surface area contributed by atoms with Crippen molar-refractivity contribution in [2.45, 2.75) is 84.0 Å². The van der Waals surface area contributed by atoms with Gasteiger partial charge in [-0.05, 0) is 144 Å².